The van der Waals surface area contributed by atoms with Gasteiger partial charge in [0.2, 0.25) is 0 Å². The first kappa shape index (κ1) is 7.03. The van der Waals surface area contributed by atoms with Gasteiger partial charge in [-0.2, -0.15) is 0 Å². The fraction of sp³-hybridized carbons (Fsp3) is 1.00. The van der Waals surface area contributed by atoms with E-state index in [2.05, 4.69) is 13.8 Å². The average molecular weight is 128 g/mol. The summed E-state index contributed by atoms with van der Waals surface area (Å²) in [6, 6.07) is 0.644. The predicted molar refractivity (Wildman–Crippen MR) is 38.8 cm³/mol. The summed E-state index contributed by atoms with van der Waals surface area (Å²) in [6.45, 7) is 5.56. The maximum atomic E-state index is 5.71. The molecule has 54 valence electrons. The smallest absolute Gasteiger partial charge is 0.0264 e. The predicted octanol–water partition coefficient (Wildman–Crippen LogP) is 0.980. The summed E-state index contributed by atoms with van der Waals surface area (Å²) in [4.78, 5) is 0. The van der Waals surface area contributed by atoms with E-state index in [-0.39, 0.29) is 0 Å². The van der Waals surface area contributed by atoms with E-state index in [4.69, 9.17) is 5.84 Å². The number of hydrazine groups is 1. The van der Waals surface area contributed by atoms with Crippen LogP contribution in [0.2, 0.25) is 0 Å². The third-order valence-corrected chi connectivity index (χ3v) is 2.34. The third-order valence-electron chi connectivity index (χ3n) is 2.34. The molecule has 0 aromatic heterocycles. The van der Waals surface area contributed by atoms with Gasteiger partial charge in [0, 0.05) is 12.6 Å². The second-order valence-electron chi connectivity index (χ2n) is 2.98. The van der Waals surface area contributed by atoms with Gasteiger partial charge >= 0.3 is 0 Å². The quantitative estimate of drug-likeness (QED) is 0.533. The fourth-order valence-corrected chi connectivity index (χ4v) is 1.67. The fourth-order valence-electron chi connectivity index (χ4n) is 1.67. The number of hydrogen-bond acceptors (Lipinski definition) is 2. The molecule has 1 fully saturated rings. The average Bonchev–Trinajstić information content (AvgIpc) is 2.12. The van der Waals surface area contributed by atoms with Crippen LogP contribution in [0.5, 0.6) is 0 Å². The second kappa shape index (κ2) is 2.67. The molecule has 2 atom stereocenters. The minimum absolute atomic E-state index is 0.644. The molecule has 2 N–H and O–H groups in total. The minimum Gasteiger partial charge on any atom is -0.269 e. The van der Waals surface area contributed by atoms with Crippen LogP contribution in [0.25, 0.3) is 0 Å². The molecule has 0 saturated carbocycles. The van der Waals surface area contributed by atoms with Crippen LogP contribution >= 0.6 is 0 Å². The van der Waals surface area contributed by atoms with Gasteiger partial charge in [0.25, 0.3) is 0 Å². The number of rotatable bonds is 1. The van der Waals surface area contributed by atoms with Crippen LogP contribution in [-0.2, 0) is 0 Å². The lowest BCUT2D eigenvalue weighted by Gasteiger charge is -2.19. The van der Waals surface area contributed by atoms with Crippen molar-refractivity contribution in [1.82, 2.24) is 5.01 Å². The van der Waals surface area contributed by atoms with Gasteiger partial charge in [-0.1, -0.05) is 13.8 Å². The van der Waals surface area contributed by atoms with Crippen molar-refractivity contribution in [3.8, 4) is 0 Å². The SMILES string of the molecule is CCC1C(C)CCN1N. The number of hydrogen-bond donors (Lipinski definition) is 1. The summed E-state index contributed by atoms with van der Waals surface area (Å²) in [5.41, 5.74) is 0. The van der Waals surface area contributed by atoms with Crippen LogP contribution in [0.1, 0.15) is 26.7 Å². The monoisotopic (exact) mass is 128 g/mol. The van der Waals surface area contributed by atoms with Gasteiger partial charge < -0.3 is 0 Å². The van der Waals surface area contributed by atoms with E-state index < -0.39 is 0 Å². The zero-order valence-corrected chi connectivity index (χ0v) is 6.30. The Labute approximate surface area is 57.0 Å². The molecule has 2 heteroatoms. The van der Waals surface area contributed by atoms with Crippen molar-refractivity contribution in [1.29, 1.82) is 0 Å². The van der Waals surface area contributed by atoms with E-state index in [1.165, 1.54) is 12.8 Å². The van der Waals surface area contributed by atoms with Crippen LogP contribution in [0.15, 0.2) is 0 Å². The lowest BCUT2D eigenvalue weighted by molar-refractivity contribution is 0.231. The summed E-state index contributed by atoms with van der Waals surface area (Å²) in [7, 11) is 0. The van der Waals surface area contributed by atoms with Crippen LogP contribution < -0.4 is 5.84 Å². The molecule has 2 nitrogen and oxygen atoms in total. The molecule has 1 saturated heterocycles. The van der Waals surface area contributed by atoms with Crippen molar-refractivity contribution in [2.45, 2.75) is 32.7 Å². The summed E-state index contributed by atoms with van der Waals surface area (Å²) in [5, 5.41) is 1.98. The van der Waals surface area contributed by atoms with Crippen molar-refractivity contribution >= 4 is 0 Å². The van der Waals surface area contributed by atoms with Gasteiger partial charge in [0.1, 0.15) is 0 Å². The highest BCUT2D eigenvalue weighted by molar-refractivity contribution is 4.79. The zero-order chi connectivity index (χ0) is 6.85. The second-order valence-corrected chi connectivity index (χ2v) is 2.98. The van der Waals surface area contributed by atoms with Gasteiger partial charge in [-0.15, -0.1) is 0 Å². The van der Waals surface area contributed by atoms with Crippen molar-refractivity contribution in [2.75, 3.05) is 6.54 Å². The van der Waals surface area contributed by atoms with E-state index in [1.807, 2.05) is 5.01 Å². The molecule has 1 aliphatic heterocycles. The molecular formula is C7H16N2. The first-order valence-electron chi connectivity index (χ1n) is 3.77. The number of nitrogens with zero attached hydrogens (tertiary/aromatic N) is 1. The van der Waals surface area contributed by atoms with E-state index in [1.54, 1.807) is 0 Å². The normalized spacial score (nSPS) is 37.7. The molecule has 0 aliphatic carbocycles. The van der Waals surface area contributed by atoms with E-state index in [9.17, 15) is 0 Å². The Hall–Kier alpha value is -0.0800. The minimum atomic E-state index is 0.644. The van der Waals surface area contributed by atoms with Gasteiger partial charge in [0.15, 0.2) is 0 Å². The molecule has 0 bridgehead atoms. The highest BCUT2D eigenvalue weighted by Crippen LogP contribution is 2.22. The molecular weight excluding hydrogens is 112 g/mol. The first-order valence-corrected chi connectivity index (χ1v) is 3.77. The van der Waals surface area contributed by atoms with Crippen molar-refractivity contribution < 1.29 is 0 Å². The van der Waals surface area contributed by atoms with Gasteiger partial charge in [-0.25, -0.2) is 5.01 Å². The molecule has 0 aromatic rings. The van der Waals surface area contributed by atoms with Crippen LogP contribution in [0, 0.1) is 5.92 Å². The Kier molecular flexibility index (Phi) is 2.09. The molecule has 0 aromatic carbocycles. The van der Waals surface area contributed by atoms with E-state index >= 15 is 0 Å². The maximum Gasteiger partial charge on any atom is 0.0264 e. The first-order chi connectivity index (χ1) is 4.25. The van der Waals surface area contributed by atoms with Crippen LogP contribution in [-0.4, -0.2) is 17.6 Å². The summed E-state index contributed by atoms with van der Waals surface area (Å²) in [5.74, 6) is 6.52. The molecule has 0 spiro atoms. The molecule has 0 amide bonds. The maximum absolute atomic E-state index is 5.71. The Morgan fingerprint density at radius 1 is 1.67 bits per heavy atom. The van der Waals surface area contributed by atoms with Crippen molar-refractivity contribution in [3.63, 3.8) is 0 Å². The molecule has 0 radical (unpaired) electrons. The Morgan fingerprint density at radius 2 is 2.33 bits per heavy atom. The van der Waals surface area contributed by atoms with E-state index in [0.717, 1.165) is 12.5 Å². The lowest BCUT2D eigenvalue weighted by atomic mass is 10.0. The standard InChI is InChI=1S/C7H16N2/c1-3-7-6(2)4-5-9(7)8/h6-7H,3-5,8H2,1-2H3. The van der Waals surface area contributed by atoms with Gasteiger partial charge in [-0.05, 0) is 18.8 Å². The third kappa shape index (κ3) is 1.25. The van der Waals surface area contributed by atoms with Gasteiger partial charge in [0.05, 0.1) is 0 Å². The zero-order valence-electron chi connectivity index (χ0n) is 6.30. The number of nitrogens with two attached hydrogens (primary N) is 1. The molecule has 2 unspecified atom stereocenters. The Morgan fingerprint density at radius 3 is 2.56 bits per heavy atom. The van der Waals surface area contributed by atoms with Crippen LogP contribution in [0.4, 0.5) is 0 Å². The molecule has 1 heterocycles. The van der Waals surface area contributed by atoms with Crippen LogP contribution in [0.3, 0.4) is 0 Å². The largest absolute Gasteiger partial charge is 0.269 e. The topological polar surface area (TPSA) is 29.3 Å². The summed E-state index contributed by atoms with van der Waals surface area (Å²) >= 11 is 0. The molecule has 1 rings (SSSR count). The summed E-state index contributed by atoms with van der Waals surface area (Å²) in [6.07, 6.45) is 2.46. The highest BCUT2D eigenvalue weighted by Gasteiger charge is 2.26. The Bertz CT molecular complexity index is 82.9. The molecule has 9 heavy (non-hydrogen) atoms. The van der Waals surface area contributed by atoms with Gasteiger partial charge in [-0.3, -0.25) is 5.84 Å². The van der Waals surface area contributed by atoms with Crippen molar-refractivity contribution in [2.24, 2.45) is 11.8 Å². The summed E-state index contributed by atoms with van der Waals surface area (Å²) < 4.78 is 0. The van der Waals surface area contributed by atoms with E-state index in [0.29, 0.717) is 6.04 Å². The van der Waals surface area contributed by atoms with Crippen molar-refractivity contribution in [3.05, 3.63) is 0 Å². The Balaban J connectivity index is 2.44. The highest BCUT2D eigenvalue weighted by atomic mass is 15.4. The molecule has 1 aliphatic rings. The lowest BCUT2D eigenvalue weighted by Crippen LogP contribution is -2.37.